The van der Waals surface area contributed by atoms with Crippen molar-refractivity contribution in [2.24, 2.45) is 5.73 Å². The van der Waals surface area contributed by atoms with Crippen molar-refractivity contribution in [1.29, 1.82) is 0 Å². The van der Waals surface area contributed by atoms with Gasteiger partial charge >= 0.3 is 0 Å². The molecule has 1 rings (SSSR count). The van der Waals surface area contributed by atoms with Crippen molar-refractivity contribution in [3.8, 4) is 5.75 Å². The highest BCUT2D eigenvalue weighted by atomic mass is 35.5. The van der Waals surface area contributed by atoms with E-state index in [9.17, 15) is 8.78 Å². The van der Waals surface area contributed by atoms with Crippen LogP contribution in [0.3, 0.4) is 0 Å². The van der Waals surface area contributed by atoms with Crippen molar-refractivity contribution in [2.45, 2.75) is 5.92 Å². The summed E-state index contributed by atoms with van der Waals surface area (Å²) in [5.41, 5.74) is 4.72. The molecule has 0 spiro atoms. The van der Waals surface area contributed by atoms with Gasteiger partial charge in [0.25, 0.3) is 5.92 Å². The van der Waals surface area contributed by atoms with E-state index < -0.39 is 12.5 Å². The lowest BCUT2D eigenvalue weighted by molar-refractivity contribution is 0.00370. The zero-order valence-electron chi connectivity index (χ0n) is 7.56. The molecule has 0 saturated heterocycles. The van der Waals surface area contributed by atoms with Crippen molar-refractivity contribution < 1.29 is 13.5 Å². The molecule has 14 heavy (non-hydrogen) atoms. The Morgan fingerprint density at radius 3 is 2.64 bits per heavy atom. The number of hydrogen-bond acceptors (Lipinski definition) is 2. The molecular weight excluding hydrogens is 212 g/mol. The Kier molecular flexibility index (Phi) is 3.29. The molecule has 0 aliphatic rings. The van der Waals surface area contributed by atoms with Gasteiger partial charge < -0.3 is 10.5 Å². The molecule has 0 radical (unpaired) electrons. The molecule has 1 aromatic rings. The number of nitrogens with two attached hydrogens (primary N) is 1. The second-order valence-electron chi connectivity index (χ2n) is 2.75. The predicted molar refractivity (Wildman–Crippen MR) is 51.0 cm³/mol. The van der Waals surface area contributed by atoms with E-state index in [-0.39, 0.29) is 11.3 Å². The lowest BCUT2D eigenvalue weighted by atomic mass is 10.1. The first-order valence-electron chi connectivity index (χ1n) is 3.93. The van der Waals surface area contributed by atoms with Crippen LogP contribution in [0.25, 0.3) is 0 Å². The standard InChI is InChI=1S/C9H10ClF2NO/c1-14-8-4-6(10)2-3-7(8)9(11,12)5-13/h2-4H,5,13H2,1H3. The average Bonchev–Trinajstić information content (AvgIpc) is 2.17. The molecule has 0 amide bonds. The van der Waals surface area contributed by atoms with Gasteiger partial charge in [-0.15, -0.1) is 0 Å². The van der Waals surface area contributed by atoms with Crippen LogP contribution in [-0.4, -0.2) is 13.7 Å². The number of hydrogen-bond donors (Lipinski definition) is 1. The molecule has 0 aliphatic heterocycles. The highest BCUT2D eigenvalue weighted by Crippen LogP contribution is 2.35. The van der Waals surface area contributed by atoms with Gasteiger partial charge in [0.15, 0.2) is 0 Å². The second-order valence-corrected chi connectivity index (χ2v) is 3.19. The van der Waals surface area contributed by atoms with Crippen LogP contribution in [0.5, 0.6) is 5.75 Å². The summed E-state index contributed by atoms with van der Waals surface area (Å²) in [5, 5.41) is 0.346. The molecule has 2 nitrogen and oxygen atoms in total. The van der Waals surface area contributed by atoms with Crippen LogP contribution in [0.4, 0.5) is 8.78 Å². The Bertz CT molecular complexity index is 331. The Hall–Kier alpha value is -0.870. The summed E-state index contributed by atoms with van der Waals surface area (Å²) in [4.78, 5) is 0. The lowest BCUT2D eigenvalue weighted by Crippen LogP contribution is -2.25. The fourth-order valence-corrected chi connectivity index (χ4v) is 1.24. The smallest absolute Gasteiger partial charge is 0.288 e. The molecule has 0 heterocycles. The summed E-state index contributed by atoms with van der Waals surface area (Å²) in [7, 11) is 1.31. The van der Waals surface area contributed by atoms with Crippen LogP contribution in [0.1, 0.15) is 5.56 Å². The third-order valence-corrected chi connectivity index (χ3v) is 2.05. The van der Waals surface area contributed by atoms with E-state index in [2.05, 4.69) is 0 Å². The topological polar surface area (TPSA) is 35.2 Å². The Morgan fingerprint density at radius 1 is 1.50 bits per heavy atom. The van der Waals surface area contributed by atoms with Crippen LogP contribution in [0.15, 0.2) is 18.2 Å². The second kappa shape index (κ2) is 4.11. The molecule has 0 unspecified atom stereocenters. The van der Waals surface area contributed by atoms with E-state index in [1.807, 2.05) is 0 Å². The number of halogens is 3. The Labute approximate surface area is 85.6 Å². The molecule has 0 bridgehead atoms. The summed E-state index contributed by atoms with van der Waals surface area (Å²) in [6.07, 6.45) is 0. The molecule has 2 N–H and O–H groups in total. The van der Waals surface area contributed by atoms with Gasteiger partial charge in [-0.05, 0) is 18.2 Å². The lowest BCUT2D eigenvalue weighted by Gasteiger charge is -2.17. The molecule has 0 fully saturated rings. The minimum absolute atomic E-state index is 0.0490. The van der Waals surface area contributed by atoms with Crippen LogP contribution in [0.2, 0.25) is 5.02 Å². The minimum Gasteiger partial charge on any atom is -0.496 e. The van der Waals surface area contributed by atoms with Crippen LogP contribution >= 0.6 is 11.6 Å². The number of benzene rings is 1. The van der Waals surface area contributed by atoms with Crippen molar-refractivity contribution in [3.05, 3.63) is 28.8 Å². The Morgan fingerprint density at radius 2 is 2.14 bits per heavy atom. The maximum atomic E-state index is 13.2. The maximum Gasteiger partial charge on any atom is 0.288 e. The minimum atomic E-state index is -3.09. The third-order valence-electron chi connectivity index (χ3n) is 1.81. The number of ether oxygens (including phenoxy) is 1. The van der Waals surface area contributed by atoms with Crippen LogP contribution < -0.4 is 10.5 Å². The Balaban J connectivity index is 3.20. The first kappa shape index (κ1) is 11.2. The van der Waals surface area contributed by atoms with E-state index in [1.54, 1.807) is 0 Å². The fourth-order valence-electron chi connectivity index (χ4n) is 1.08. The zero-order valence-corrected chi connectivity index (χ0v) is 8.31. The van der Waals surface area contributed by atoms with Crippen LogP contribution in [0, 0.1) is 0 Å². The highest BCUT2D eigenvalue weighted by molar-refractivity contribution is 6.30. The summed E-state index contributed by atoms with van der Waals surface area (Å²) >= 11 is 5.63. The highest BCUT2D eigenvalue weighted by Gasteiger charge is 2.32. The van der Waals surface area contributed by atoms with E-state index in [0.717, 1.165) is 0 Å². The number of rotatable bonds is 3. The van der Waals surface area contributed by atoms with Gasteiger partial charge in [-0.3, -0.25) is 0 Å². The predicted octanol–water partition coefficient (Wildman–Crippen LogP) is 2.40. The molecule has 78 valence electrons. The van der Waals surface area contributed by atoms with Gasteiger partial charge in [-0.2, -0.15) is 8.78 Å². The molecule has 1 aromatic carbocycles. The van der Waals surface area contributed by atoms with Gasteiger partial charge in [-0.25, -0.2) is 0 Å². The quantitative estimate of drug-likeness (QED) is 0.851. The number of methoxy groups -OCH3 is 1. The normalized spacial score (nSPS) is 11.5. The largest absolute Gasteiger partial charge is 0.496 e. The van der Waals surface area contributed by atoms with E-state index in [4.69, 9.17) is 22.1 Å². The molecule has 5 heteroatoms. The number of alkyl halides is 2. The van der Waals surface area contributed by atoms with Crippen molar-refractivity contribution in [1.82, 2.24) is 0 Å². The summed E-state index contributed by atoms with van der Waals surface area (Å²) < 4.78 is 31.2. The van der Waals surface area contributed by atoms with Crippen molar-refractivity contribution in [2.75, 3.05) is 13.7 Å². The van der Waals surface area contributed by atoms with E-state index >= 15 is 0 Å². The molecule has 0 aromatic heterocycles. The van der Waals surface area contributed by atoms with Gasteiger partial charge in [0.05, 0.1) is 19.2 Å². The van der Waals surface area contributed by atoms with Crippen LogP contribution in [-0.2, 0) is 5.92 Å². The first-order valence-corrected chi connectivity index (χ1v) is 4.31. The summed E-state index contributed by atoms with van der Waals surface area (Å²) in [6, 6.07) is 3.93. The van der Waals surface area contributed by atoms with Gasteiger partial charge in [0.2, 0.25) is 0 Å². The maximum absolute atomic E-state index is 13.2. The molecule has 0 saturated carbocycles. The zero-order chi connectivity index (χ0) is 10.8. The molecule has 0 atom stereocenters. The SMILES string of the molecule is COc1cc(Cl)ccc1C(F)(F)CN. The van der Waals surface area contributed by atoms with E-state index in [1.165, 1.54) is 25.3 Å². The van der Waals surface area contributed by atoms with Crippen molar-refractivity contribution >= 4 is 11.6 Å². The van der Waals surface area contributed by atoms with Gasteiger partial charge in [0, 0.05) is 5.02 Å². The fraction of sp³-hybridized carbons (Fsp3) is 0.333. The molecule has 0 aliphatic carbocycles. The average molecular weight is 222 g/mol. The van der Waals surface area contributed by atoms with Gasteiger partial charge in [-0.1, -0.05) is 11.6 Å². The van der Waals surface area contributed by atoms with E-state index in [0.29, 0.717) is 5.02 Å². The van der Waals surface area contributed by atoms with Crippen molar-refractivity contribution in [3.63, 3.8) is 0 Å². The first-order chi connectivity index (χ1) is 6.51. The monoisotopic (exact) mass is 221 g/mol. The molecular formula is C9H10ClF2NO. The summed E-state index contributed by atoms with van der Waals surface area (Å²) in [6.45, 7) is -0.759. The third kappa shape index (κ3) is 2.13. The van der Waals surface area contributed by atoms with Gasteiger partial charge in [0.1, 0.15) is 5.75 Å². The summed E-state index contributed by atoms with van der Waals surface area (Å²) in [5.74, 6) is -3.04.